The number of fused-ring (bicyclic) bond motifs is 1. The van der Waals surface area contributed by atoms with E-state index in [1.807, 2.05) is 31.3 Å². The second-order valence-electron chi connectivity index (χ2n) is 4.65. The van der Waals surface area contributed by atoms with E-state index in [1.54, 1.807) is 11.0 Å². The van der Waals surface area contributed by atoms with Crippen molar-refractivity contribution < 1.29 is 9.90 Å². The van der Waals surface area contributed by atoms with Crippen LogP contribution in [-0.4, -0.2) is 25.8 Å². The average Bonchev–Trinajstić information content (AvgIpc) is 3.03. The molecule has 0 saturated carbocycles. The molecule has 0 unspecified atom stereocenters. The molecule has 0 spiro atoms. The number of rotatable bonds is 5. The topological polar surface area (TPSA) is 80.0 Å². The molecule has 0 atom stereocenters. The van der Waals surface area contributed by atoms with Gasteiger partial charge in [-0.05, 0) is 17.0 Å². The third-order valence-corrected chi connectivity index (χ3v) is 4.33. The van der Waals surface area contributed by atoms with Gasteiger partial charge in [0.25, 0.3) is 0 Å². The Morgan fingerprint density at radius 2 is 2.19 bits per heavy atom. The minimum Gasteiger partial charge on any atom is -0.477 e. The smallest absolute Gasteiger partial charge is 0.346 e. The molecule has 108 valence electrons. The van der Waals surface area contributed by atoms with E-state index in [0.29, 0.717) is 23.8 Å². The summed E-state index contributed by atoms with van der Waals surface area (Å²) in [6, 6.07) is 7.73. The Bertz CT molecular complexity index is 793. The molecule has 0 saturated heterocycles. The van der Waals surface area contributed by atoms with Crippen LogP contribution in [0, 0.1) is 0 Å². The maximum atomic E-state index is 11.4. The zero-order valence-electron chi connectivity index (χ0n) is 11.4. The molecular weight excluding hydrogens is 288 g/mol. The van der Waals surface area contributed by atoms with Gasteiger partial charge in [-0.25, -0.2) is 9.78 Å². The summed E-state index contributed by atoms with van der Waals surface area (Å²) < 4.78 is 2.63. The van der Waals surface area contributed by atoms with Crippen molar-refractivity contribution in [2.45, 2.75) is 13.1 Å². The van der Waals surface area contributed by atoms with Gasteiger partial charge in [0.15, 0.2) is 5.82 Å². The first-order valence-corrected chi connectivity index (χ1v) is 7.25. The molecule has 3 aromatic rings. The van der Waals surface area contributed by atoms with Crippen LogP contribution in [0.2, 0.25) is 0 Å². The Kier molecular flexibility index (Phi) is 3.68. The first kappa shape index (κ1) is 13.7. The van der Waals surface area contributed by atoms with Crippen LogP contribution in [0.4, 0.5) is 0 Å². The summed E-state index contributed by atoms with van der Waals surface area (Å²) in [7, 11) is 1.81. The Balaban J connectivity index is 1.82. The summed E-state index contributed by atoms with van der Waals surface area (Å²) in [5.41, 5.74) is 0.819. The molecular formula is C14H14N4O2S. The standard InChI is InChI=1S/C14H14N4O2S/c1-18-8-16-12(17-18)7-15-6-10-9-4-2-3-5-11(9)21-13(10)14(19)20/h2-5,8,15H,6-7H2,1H3,(H,19,20). The van der Waals surface area contributed by atoms with Crippen LogP contribution in [0.1, 0.15) is 21.1 Å². The van der Waals surface area contributed by atoms with E-state index in [0.717, 1.165) is 15.6 Å². The second kappa shape index (κ2) is 5.63. The highest BCUT2D eigenvalue weighted by Crippen LogP contribution is 2.31. The number of thiophene rings is 1. The molecule has 0 fully saturated rings. The molecule has 0 aliphatic rings. The molecule has 0 amide bonds. The first-order valence-electron chi connectivity index (χ1n) is 6.44. The Morgan fingerprint density at radius 3 is 2.90 bits per heavy atom. The number of carboxylic acid groups (broad SMARTS) is 1. The van der Waals surface area contributed by atoms with Crippen LogP contribution in [0.25, 0.3) is 10.1 Å². The number of benzene rings is 1. The van der Waals surface area contributed by atoms with Crippen LogP contribution in [-0.2, 0) is 20.1 Å². The summed E-state index contributed by atoms with van der Waals surface area (Å²) in [4.78, 5) is 15.9. The molecule has 2 aromatic heterocycles. The maximum Gasteiger partial charge on any atom is 0.346 e. The van der Waals surface area contributed by atoms with E-state index in [4.69, 9.17) is 0 Å². The zero-order valence-corrected chi connectivity index (χ0v) is 12.2. The van der Waals surface area contributed by atoms with Crippen molar-refractivity contribution in [3.8, 4) is 0 Å². The SMILES string of the molecule is Cn1cnc(CNCc2c(C(=O)O)sc3ccccc23)n1. The number of carboxylic acids is 1. The number of nitrogens with one attached hydrogen (secondary N) is 1. The summed E-state index contributed by atoms with van der Waals surface area (Å²) >= 11 is 1.31. The zero-order chi connectivity index (χ0) is 14.8. The number of aromatic nitrogens is 3. The Labute approximate surface area is 125 Å². The van der Waals surface area contributed by atoms with Gasteiger partial charge < -0.3 is 10.4 Å². The van der Waals surface area contributed by atoms with E-state index in [9.17, 15) is 9.90 Å². The molecule has 1 aromatic carbocycles. The van der Waals surface area contributed by atoms with E-state index < -0.39 is 5.97 Å². The highest BCUT2D eigenvalue weighted by atomic mass is 32.1. The minimum atomic E-state index is -0.885. The van der Waals surface area contributed by atoms with Gasteiger partial charge in [0, 0.05) is 18.3 Å². The van der Waals surface area contributed by atoms with Crippen molar-refractivity contribution in [2.24, 2.45) is 7.05 Å². The predicted octanol–water partition coefficient (Wildman–Crippen LogP) is 2.02. The van der Waals surface area contributed by atoms with Crippen molar-refractivity contribution in [1.82, 2.24) is 20.1 Å². The highest BCUT2D eigenvalue weighted by Gasteiger charge is 2.17. The summed E-state index contributed by atoms with van der Waals surface area (Å²) in [5.74, 6) is -0.196. The number of aromatic carboxylic acids is 1. The van der Waals surface area contributed by atoms with Crippen molar-refractivity contribution in [2.75, 3.05) is 0 Å². The van der Waals surface area contributed by atoms with Gasteiger partial charge in [-0.2, -0.15) is 5.10 Å². The summed E-state index contributed by atoms with van der Waals surface area (Å²) in [5, 5.41) is 17.7. The van der Waals surface area contributed by atoms with Gasteiger partial charge in [0.2, 0.25) is 0 Å². The van der Waals surface area contributed by atoms with Crippen LogP contribution in [0.3, 0.4) is 0 Å². The lowest BCUT2D eigenvalue weighted by molar-refractivity contribution is 0.0701. The lowest BCUT2D eigenvalue weighted by atomic mass is 10.1. The summed E-state index contributed by atoms with van der Waals surface area (Å²) in [6.07, 6.45) is 1.64. The number of nitrogens with zero attached hydrogens (tertiary/aromatic N) is 3. The number of aryl methyl sites for hydroxylation is 1. The van der Waals surface area contributed by atoms with Gasteiger partial charge >= 0.3 is 5.97 Å². The molecule has 0 radical (unpaired) electrons. The van der Waals surface area contributed by atoms with Gasteiger partial charge in [0.05, 0.1) is 6.54 Å². The molecule has 2 N–H and O–H groups in total. The lowest BCUT2D eigenvalue weighted by Crippen LogP contribution is -2.15. The van der Waals surface area contributed by atoms with E-state index in [2.05, 4.69) is 15.4 Å². The van der Waals surface area contributed by atoms with E-state index in [1.165, 1.54) is 11.3 Å². The predicted molar refractivity (Wildman–Crippen MR) is 80.3 cm³/mol. The monoisotopic (exact) mass is 302 g/mol. The first-order chi connectivity index (χ1) is 10.1. The molecule has 7 heteroatoms. The fourth-order valence-corrected chi connectivity index (χ4v) is 3.27. The van der Waals surface area contributed by atoms with E-state index in [-0.39, 0.29) is 0 Å². The molecule has 21 heavy (non-hydrogen) atoms. The fourth-order valence-electron chi connectivity index (χ4n) is 2.21. The molecule has 2 heterocycles. The lowest BCUT2D eigenvalue weighted by Gasteiger charge is -2.03. The Hall–Kier alpha value is -2.25. The number of carbonyl (C=O) groups is 1. The third kappa shape index (κ3) is 2.79. The van der Waals surface area contributed by atoms with Gasteiger partial charge in [-0.1, -0.05) is 18.2 Å². The Morgan fingerprint density at radius 1 is 1.38 bits per heavy atom. The maximum absolute atomic E-state index is 11.4. The van der Waals surface area contributed by atoms with Crippen LogP contribution in [0.15, 0.2) is 30.6 Å². The largest absolute Gasteiger partial charge is 0.477 e. The second-order valence-corrected chi connectivity index (χ2v) is 5.70. The molecule has 6 nitrogen and oxygen atoms in total. The molecule has 0 aliphatic heterocycles. The molecule has 3 rings (SSSR count). The van der Waals surface area contributed by atoms with Crippen LogP contribution >= 0.6 is 11.3 Å². The molecule has 0 aliphatic carbocycles. The highest BCUT2D eigenvalue weighted by molar-refractivity contribution is 7.21. The van der Waals surface area contributed by atoms with Crippen molar-refractivity contribution in [3.63, 3.8) is 0 Å². The van der Waals surface area contributed by atoms with Crippen molar-refractivity contribution in [1.29, 1.82) is 0 Å². The van der Waals surface area contributed by atoms with Crippen molar-refractivity contribution >= 4 is 27.4 Å². The molecule has 0 bridgehead atoms. The normalized spacial score (nSPS) is 11.1. The summed E-state index contributed by atoms with van der Waals surface area (Å²) in [6.45, 7) is 0.980. The minimum absolute atomic E-state index is 0.387. The van der Waals surface area contributed by atoms with Crippen molar-refractivity contribution in [3.05, 3.63) is 46.9 Å². The van der Waals surface area contributed by atoms with Crippen LogP contribution < -0.4 is 5.32 Å². The van der Waals surface area contributed by atoms with Gasteiger partial charge in [-0.3, -0.25) is 4.68 Å². The average molecular weight is 302 g/mol. The third-order valence-electron chi connectivity index (χ3n) is 3.12. The van der Waals surface area contributed by atoms with Gasteiger partial charge in [-0.15, -0.1) is 11.3 Å². The van der Waals surface area contributed by atoms with E-state index >= 15 is 0 Å². The fraction of sp³-hybridized carbons (Fsp3) is 0.214. The quantitative estimate of drug-likeness (QED) is 0.753. The van der Waals surface area contributed by atoms with Crippen LogP contribution in [0.5, 0.6) is 0 Å². The number of hydrogen-bond donors (Lipinski definition) is 2. The van der Waals surface area contributed by atoms with Gasteiger partial charge in [0.1, 0.15) is 11.2 Å². The number of hydrogen-bond acceptors (Lipinski definition) is 5.